The summed E-state index contributed by atoms with van der Waals surface area (Å²) in [5.41, 5.74) is 3.14. The number of carbonyl (C=O) groups is 1. The van der Waals surface area contributed by atoms with E-state index in [9.17, 15) is 9.18 Å². The van der Waals surface area contributed by atoms with Crippen LogP contribution in [0.4, 0.5) is 9.52 Å². The summed E-state index contributed by atoms with van der Waals surface area (Å²) in [5.74, 6) is -0.307. The summed E-state index contributed by atoms with van der Waals surface area (Å²) >= 11 is 3.15. The molecule has 0 atom stereocenters. The maximum absolute atomic E-state index is 13.5. The van der Waals surface area contributed by atoms with Crippen LogP contribution in [0.3, 0.4) is 0 Å². The van der Waals surface area contributed by atoms with Gasteiger partial charge in [-0.3, -0.25) is 9.69 Å². The van der Waals surface area contributed by atoms with E-state index in [4.69, 9.17) is 4.98 Å². The first-order chi connectivity index (χ1) is 17.6. The highest BCUT2D eigenvalue weighted by Crippen LogP contribution is 2.30. The van der Waals surface area contributed by atoms with E-state index < -0.39 is 0 Å². The van der Waals surface area contributed by atoms with Crippen LogP contribution in [0.2, 0.25) is 0 Å². The van der Waals surface area contributed by atoms with Crippen molar-refractivity contribution in [1.29, 1.82) is 0 Å². The van der Waals surface area contributed by atoms with Crippen LogP contribution >= 0.6 is 35.1 Å². The van der Waals surface area contributed by atoms with Gasteiger partial charge in [0.25, 0.3) is 5.91 Å². The molecule has 5 aromatic rings. The minimum atomic E-state index is -0.230. The number of hydrogen-bond donors (Lipinski definition) is 1. The van der Waals surface area contributed by atoms with Gasteiger partial charge in [0.2, 0.25) is 0 Å². The first-order valence-corrected chi connectivity index (χ1v) is 13.6. The number of amides is 1. The van der Waals surface area contributed by atoms with Crippen LogP contribution in [-0.2, 0) is 0 Å². The van der Waals surface area contributed by atoms with Crippen LogP contribution in [0.25, 0.3) is 31.7 Å². The van der Waals surface area contributed by atoms with E-state index in [-0.39, 0.29) is 24.1 Å². The van der Waals surface area contributed by atoms with Crippen LogP contribution in [-0.4, -0.2) is 60.0 Å². The van der Waals surface area contributed by atoms with Gasteiger partial charge >= 0.3 is 0 Å². The van der Waals surface area contributed by atoms with Crippen molar-refractivity contribution in [3.8, 4) is 10.6 Å². The standard InChI is InChI=1S/C27H24FN5OS2.ClH/c28-18-7-8-22-25(16-18)36-27(31-22)33-13-11-32(12-14-33)10-9-29-26(34)20-17-23(24-6-3-15-35-24)30-21-5-2-1-4-19(20)21;/h1-8,15-17H,9-14H2,(H,29,34);1H. The number of hydrogen-bond acceptors (Lipinski definition) is 7. The Balaban J connectivity index is 0.00000280. The monoisotopic (exact) mass is 553 g/mol. The fraction of sp³-hybridized carbons (Fsp3) is 0.222. The van der Waals surface area contributed by atoms with Gasteiger partial charge in [0, 0.05) is 44.7 Å². The average molecular weight is 554 g/mol. The molecule has 1 saturated heterocycles. The third-order valence-electron chi connectivity index (χ3n) is 6.43. The van der Waals surface area contributed by atoms with Gasteiger partial charge in [0.1, 0.15) is 5.82 Å². The first kappa shape index (κ1) is 25.5. The molecule has 6 nitrogen and oxygen atoms in total. The molecule has 0 saturated carbocycles. The van der Waals surface area contributed by atoms with Crippen LogP contribution in [0.1, 0.15) is 10.4 Å². The van der Waals surface area contributed by atoms with Crippen LogP contribution in [0.5, 0.6) is 0 Å². The zero-order chi connectivity index (χ0) is 24.5. The number of pyridine rings is 1. The normalized spacial score (nSPS) is 14.1. The number of nitrogens with zero attached hydrogens (tertiary/aromatic N) is 4. The number of thiophene rings is 1. The third kappa shape index (κ3) is 5.45. The average Bonchev–Trinajstić information content (AvgIpc) is 3.59. The number of anilines is 1. The summed E-state index contributed by atoms with van der Waals surface area (Å²) < 4.78 is 14.4. The number of aromatic nitrogens is 2. The molecule has 10 heteroatoms. The molecule has 1 aliphatic rings. The summed E-state index contributed by atoms with van der Waals surface area (Å²) in [7, 11) is 0. The SMILES string of the molecule is Cl.O=C(NCCN1CCN(c2nc3ccc(F)cc3s2)CC1)c1cc(-c2cccs2)nc2ccccc12. The molecule has 3 aromatic heterocycles. The van der Waals surface area contributed by atoms with Crippen LogP contribution in [0.15, 0.2) is 66.0 Å². The molecule has 0 aliphatic carbocycles. The summed E-state index contributed by atoms with van der Waals surface area (Å²) in [6.45, 7) is 4.85. The quantitative estimate of drug-likeness (QED) is 0.293. The fourth-order valence-corrected chi connectivity index (χ4v) is 6.25. The number of nitrogens with one attached hydrogen (secondary N) is 1. The predicted octanol–water partition coefficient (Wildman–Crippen LogP) is 5.69. The number of thiazole rings is 1. The maximum atomic E-state index is 13.5. The van der Waals surface area contributed by atoms with E-state index in [1.54, 1.807) is 23.5 Å². The topological polar surface area (TPSA) is 61.4 Å². The van der Waals surface area contributed by atoms with Crippen molar-refractivity contribution in [3.05, 3.63) is 77.4 Å². The molecular weight excluding hydrogens is 529 g/mol. The predicted molar refractivity (Wildman–Crippen MR) is 153 cm³/mol. The van der Waals surface area contributed by atoms with Gasteiger partial charge in [-0.15, -0.1) is 23.7 Å². The molecule has 1 amide bonds. The first-order valence-electron chi connectivity index (χ1n) is 11.9. The van der Waals surface area contributed by atoms with Gasteiger partial charge in [-0.05, 0) is 41.8 Å². The van der Waals surface area contributed by atoms with Crippen molar-refractivity contribution in [1.82, 2.24) is 20.2 Å². The number of halogens is 2. The van der Waals surface area contributed by atoms with E-state index in [1.165, 1.54) is 17.4 Å². The molecule has 0 unspecified atom stereocenters. The lowest BCUT2D eigenvalue weighted by molar-refractivity contribution is 0.0949. The number of carbonyl (C=O) groups excluding carboxylic acids is 1. The van der Waals surface area contributed by atoms with Crippen molar-refractivity contribution >= 4 is 67.2 Å². The second kappa shape index (κ2) is 11.1. The summed E-state index contributed by atoms with van der Waals surface area (Å²) in [6.07, 6.45) is 0. The zero-order valence-electron chi connectivity index (χ0n) is 19.9. The van der Waals surface area contributed by atoms with E-state index in [0.29, 0.717) is 12.1 Å². The molecule has 190 valence electrons. The molecule has 0 radical (unpaired) electrons. The second-order valence-electron chi connectivity index (χ2n) is 8.74. The summed E-state index contributed by atoms with van der Waals surface area (Å²) in [6, 6.07) is 18.4. The molecule has 1 N–H and O–H groups in total. The van der Waals surface area contributed by atoms with E-state index in [2.05, 4.69) is 20.1 Å². The fourth-order valence-electron chi connectivity index (χ4n) is 4.52. The number of piperazine rings is 1. The Labute approximate surface area is 228 Å². The van der Waals surface area contributed by atoms with Crippen LogP contribution < -0.4 is 10.2 Å². The number of fused-ring (bicyclic) bond motifs is 2. The second-order valence-corrected chi connectivity index (χ2v) is 10.7. The van der Waals surface area contributed by atoms with E-state index in [0.717, 1.165) is 69.5 Å². The van der Waals surface area contributed by atoms with Gasteiger partial charge in [-0.25, -0.2) is 14.4 Å². The van der Waals surface area contributed by atoms with Crippen molar-refractivity contribution in [2.45, 2.75) is 0 Å². The molecule has 1 aliphatic heterocycles. The van der Waals surface area contributed by atoms with Crippen molar-refractivity contribution in [3.63, 3.8) is 0 Å². The molecule has 0 spiro atoms. The Morgan fingerprint density at radius 2 is 1.81 bits per heavy atom. The lowest BCUT2D eigenvalue weighted by atomic mass is 10.1. The highest BCUT2D eigenvalue weighted by molar-refractivity contribution is 7.22. The lowest BCUT2D eigenvalue weighted by Gasteiger charge is -2.34. The molecule has 37 heavy (non-hydrogen) atoms. The largest absolute Gasteiger partial charge is 0.351 e. The third-order valence-corrected chi connectivity index (χ3v) is 8.40. The number of rotatable bonds is 6. The van der Waals surface area contributed by atoms with Gasteiger partial charge in [0.05, 0.1) is 31.9 Å². The zero-order valence-corrected chi connectivity index (χ0v) is 22.3. The van der Waals surface area contributed by atoms with E-state index in [1.807, 2.05) is 47.8 Å². The minimum Gasteiger partial charge on any atom is -0.351 e. The van der Waals surface area contributed by atoms with E-state index >= 15 is 0 Å². The minimum absolute atomic E-state index is 0. The molecular formula is C27H25ClFN5OS2. The molecule has 6 rings (SSSR count). The van der Waals surface area contributed by atoms with Gasteiger partial charge in [0.15, 0.2) is 5.13 Å². The molecule has 2 aromatic carbocycles. The molecule has 0 bridgehead atoms. The van der Waals surface area contributed by atoms with Gasteiger partial charge < -0.3 is 10.2 Å². The molecule has 1 fully saturated rings. The smallest absolute Gasteiger partial charge is 0.252 e. The maximum Gasteiger partial charge on any atom is 0.252 e. The van der Waals surface area contributed by atoms with Crippen LogP contribution in [0, 0.1) is 5.82 Å². The number of benzene rings is 2. The Morgan fingerprint density at radius 3 is 2.62 bits per heavy atom. The highest BCUT2D eigenvalue weighted by atomic mass is 35.5. The Bertz CT molecular complexity index is 1530. The highest BCUT2D eigenvalue weighted by Gasteiger charge is 2.20. The summed E-state index contributed by atoms with van der Waals surface area (Å²) in [5, 5.41) is 6.93. The number of para-hydroxylation sites is 1. The summed E-state index contributed by atoms with van der Waals surface area (Å²) in [4.78, 5) is 28.3. The van der Waals surface area contributed by atoms with Crippen molar-refractivity contribution in [2.24, 2.45) is 0 Å². The van der Waals surface area contributed by atoms with Crippen molar-refractivity contribution < 1.29 is 9.18 Å². The van der Waals surface area contributed by atoms with Gasteiger partial charge in [-0.2, -0.15) is 0 Å². The molecule has 4 heterocycles. The van der Waals surface area contributed by atoms with Gasteiger partial charge in [-0.1, -0.05) is 35.6 Å². The Hall–Kier alpha value is -3.11. The Morgan fingerprint density at radius 1 is 0.973 bits per heavy atom. The van der Waals surface area contributed by atoms with Crippen molar-refractivity contribution in [2.75, 3.05) is 44.2 Å². The Kier molecular flexibility index (Phi) is 7.66. The lowest BCUT2D eigenvalue weighted by Crippen LogP contribution is -2.48.